The molecule has 0 saturated heterocycles. The second-order valence-electron chi connectivity index (χ2n) is 6.95. The quantitative estimate of drug-likeness (QED) is 0.469. The summed E-state index contributed by atoms with van der Waals surface area (Å²) in [6, 6.07) is 3.63. The van der Waals surface area contributed by atoms with Crippen molar-refractivity contribution in [1.82, 2.24) is 20.1 Å². The summed E-state index contributed by atoms with van der Waals surface area (Å²) < 4.78 is 0. The van der Waals surface area contributed by atoms with Crippen LogP contribution >= 0.6 is 0 Å². The van der Waals surface area contributed by atoms with Crippen LogP contribution in [-0.2, 0) is 14.4 Å². The molecule has 0 unspecified atom stereocenters. The molecule has 29 heavy (non-hydrogen) atoms. The van der Waals surface area contributed by atoms with Crippen molar-refractivity contribution in [2.75, 3.05) is 20.1 Å². The highest BCUT2D eigenvalue weighted by Gasteiger charge is 2.40. The molecule has 0 aliphatic carbocycles. The van der Waals surface area contributed by atoms with Crippen LogP contribution in [0.3, 0.4) is 0 Å². The summed E-state index contributed by atoms with van der Waals surface area (Å²) >= 11 is 0. The lowest BCUT2D eigenvalue weighted by Gasteiger charge is -2.28. The van der Waals surface area contributed by atoms with Crippen molar-refractivity contribution in [2.24, 2.45) is 11.5 Å². The summed E-state index contributed by atoms with van der Waals surface area (Å²) in [7, 11) is 1.45. The number of carbonyl (C=O) groups is 3. The lowest BCUT2D eigenvalue weighted by Crippen LogP contribution is -2.41. The van der Waals surface area contributed by atoms with E-state index in [1.165, 1.54) is 13.1 Å². The van der Waals surface area contributed by atoms with Crippen LogP contribution in [0.5, 0.6) is 0 Å². The van der Waals surface area contributed by atoms with Crippen molar-refractivity contribution in [3.63, 3.8) is 0 Å². The van der Waals surface area contributed by atoms with Crippen molar-refractivity contribution < 1.29 is 14.4 Å². The Morgan fingerprint density at radius 2 is 2.03 bits per heavy atom. The maximum Gasteiger partial charge on any atom is 0.277 e. The molecule has 0 bridgehead atoms. The van der Waals surface area contributed by atoms with Gasteiger partial charge in [0.25, 0.3) is 11.8 Å². The van der Waals surface area contributed by atoms with Gasteiger partial charge in [0.1, 0.15) is 11.5 Å². The molecule has 0 spiro atoms. The molecule has 3 rings (SSSR count). The number of nitrogens with two attached hydrogens (primary N) is 2. The number of allylic oxidation sites excluding steroid dienone is 2. The Morgan fingerprint density at radius 3 is 2.76 bits per heavy atom. The zero-order valence-electron chi connectivity index (χ0n) is 16.4. The van der Waals surface area contributed by atoms with E-state index in [1.54, 1.807) is 23.2 Å². The van der Waals surface area contributed by atoms with Crippen molar-refractivity contribution in [3.05, 3.63) is 58.8 Å². The van der Waals surface area contributed by atoms with Crippen LogP contribution < -0.4 is 16.8 Å². The zero-order valence-corrected chi connectivity index (χ0v) is 16.4. The average molecular weight is 396 g/mol. The number of rotatable bonds is 5. The fourth-order valence-corrected chi connectivity index (χ4v) is 3.43. The molecule has 3 heterocycles. The fraction of sp³-hybridized carbons (Fsp3) is 0.300. The third-order valence-electron chi connectivity index (χ3n) is 4.91. The number of nitrogens with zero attached hydrogens (tertiary/aromatic N) is 3. The molecule has 0 saturated carbocycles. The molecule has 152 valence electrons. The van der Waals surface area contributed by atoms with Gasteiger partial charge in [-0.1, -0.05) is 0 Å². The van der Waals surface area contributed by atoms with Gasteiger partial charge < -0.3 is 21.7 Å². The first kappa shape index (κ1) is 20.1. The minimum Gasteiger partial charge on any atom is -0.398 e. The van der Waals surface area contributed by atoms with E-state index < -0.39 is 0 Å². The number of pyridine rings is 1. The van der Waals surface area contributed by atoms with Gasteiger partial charge in [-0.2, -0.15) is 0 Å². The zero-order chi connectivity index (χ0) is 21.1. The molecule has 9 heteroatoms. The Balaban J connectivity index is 1.65. The van der Waals surface area contributed by atoms with Gasteiger partial charge in [-0.3, -0.25) is 24.3 Å². The van der Waals surface area contributed by atoms with Crippen LogP contribution in [0.15, 0.2) is 47.6 Å². The second-order valence-corrected chi connectivity index (χ2v) is 6.95. The highest BCUT2D eigenvalue weighted by atomic mass is 16.2. The van der Waals surface area contributed by atoms with Crippen molar-refractivity contribution in [1.29, 1.82) is 0 Å². The van der Waals surface area contributed by atoms with Crippen LogP contribution in [0, 0.1) is 6.92 Å². The van der Waals surface area contributed by atoms with Crippen LogP contribution in [-0.4, -0.2) is 52.6 Å². The average Bonchev–Trinajstić information content (AvgIpc) is 2.91. The molecule has 9 nitrogen and oxygen atoms in total. The topological polar surface area (TPSA) is 135 Å². The van der Waals surface area contributed by atoms with Gasteiger partial charge in [-0.05, 0) is 44.1 Å². The summed E-state index contributed by atoms with van der Waals surface area (Å²) in [5.74, 6) is -0.923. The summed E-state index contributed by atoms with van der Waals surface area (Å²) in [5, 5.41) is 2.58. The van der Waals surface area contributed by atoms with E-state index >= 15 is 0 Å². The minimum absolute atomic E-state index is 0.0683. The molecule has 0 atom stereocenters. The standard InChI is InChI=1S/C20H24N6O3/c1-12-13(5-3-9-23-12)15(21)7-8-16(22)24-17(27)11-26-10-4-6-14-18(26)20(29)25(2)19(14)28/h3,5,7-9H,4,6,10-11,21-22H2,1-2H3,(H,24,27)/b15-7-,16-8+. The number of hydrogen-bond acceptors (Lipinski definition) is 7. The first-order valence-electron chi connectivity index (χ1n) is 9.25. The number of carbonyl (C=O) groups excluding carboxylic acids is 3. The van der Waals surface area contributed by atoms with Crippen LogP contribution in [0.25, 0.3) is 5.70 Å². The molecule has 2 aliphatic heterocycles. The van der Waals surface area contributed by atoms with Crippen molar-refractivity contribution in [2.45, 2.75) is 19.8 Å². The largest absolute Gasteiger partial charge is 0.398 e. The molecule has 1 aromatic rings. The number of likely N-dealkylation sites (N-methyl/N-ethyl adjacent to an activating group) is 1. The SMILES string of the molecule is Cc1ncccc1/C(N)=C/C=C(\N)NC(=O)CN1CCCC2=C1C(=O)N(C)C2=O. The van der Waals surface area contributed by atoms with Gasteiger partial charge in [0.05, 0.1) is 6.54 Å². The van der Waals surface area contributed by atoms with Gasteiger partial charge in [0.15, 0.2) is 0 Å². The maximum atomic E-state index is 12.4. The number of nitrogens with one attached hydrogen (secondary N) is 1. The molecular formula is C20H24N6O3. The van der Waals surface area contributed by atoms with Crippen molar-refractivity contribution >= 4 is 23.4 Å². The minimum atomic E-state index is -0.383. The normalized spacial score (nSPS) is 17.7. The summed E-state index contributed by atoms with van der Waals surface area (Å²) in [4.78, 5) is 43.7. The van der Waals surface area contributed by atoms with Crippen LogP contribution in [0.4, 0.5) is 0 Å². The first-order valence-corrected chi connectivity index (χ1v) is 9.25. The summed E-state index contributed by atoms with van der Waals surface area (Å²) in [5.41, 5.74) is 14.7. The number of imide groups is 1. The van der Waals surface area contributed by atoms with Gasteiger partial charge in [0, 0.05) is 42.3 Å². The number of hydrogen-bond donors (Lipinski definition) is 3. The lowest BCUT2D eigenvalue weighted by molar-refractivity contribution is -0.136. The lowest BCUT2D eigenvalue weighted by atomic mass is 10.0. The predicted octanol–water partition coefficient (Wildman–Crippen LogP) is -0.0456. The van der Waals surface area contributed by atoms with E-state index in [-0.39, 0.29) is 30.1 Å². The first-order chi connectivity index (χ1) is 13.8. The Hall–Kier alpha value is -3.62. The van der Waals surface area contributed by atoms with E-state index in [9.17, 15) is 14.4 Å². The second kappa shape index (κ2) is 8.17. The van der Waals surface area contributed by atoms with E-state index in [0.717, 1.165) is 16.2 Å². The molecule has 3 amide bonds. The Bertz CT molecular complexity index is 963. The fourth-order valence-electron chi connectivity index (χ4n) is 3.43. The molecular weight excluding hydrogens is 372 g/mol. The smallest absolute Gasteiger partial charge is 0.277 e. The van der Waals surface area contributed by atoms with E-state index in [0.29, 0.717) is 36.4 Å². The van der Waals surface area contributed by atoms with Gasteiger partial charge in [0.2, 0.25) is 5.91 Å². The van der Waals surface area contributed by atoms with Gasteiger partial charge >= 0.3 is 0 Å². The third kappa shape index (κ3) is 4.13. The van der Waals surface area contributed by atoms with Crippen molar-refractivity contribution in [3.8, 4) is 0 Å². The molecule has 0 radical (unpaired) electrons. The highest BCUT2D eigenvalue weighted by Crippen LogP contribution is 2.30. The Kier molecular flexibility index (Phi) is 5.67. The number of aryl methyl sites for hydroxylation is 1. The molecule has 0 fully saturated rings. The maximum absolute atomic E-state index is 12.4. The van der Waals surface area contributed by atoms with Crippen LogP contribution in [0.1, 0.15) is 24.1 Å². The third-order valence-corrected chi connectivity index (χ3v) is 4.91. The Labute approximate surface area is 168 Å². The number of aromatic nitrogens is 1. The van der Waals surface area contributed by atoms with Crippen LogP contribution in [0.2, 0.25) is 0 Å². The van der Waals surface area contributed by atoms with E-state index in [2.05, 4.69) is 10.3 Å². The monoisotopic (exact) mass is 396 g/mol. The van der Waals surface area contributed by atoms with Gasteiger partial charge in [-0.15, -0.1) is 0 Å². The molecule has 5 N–H and O–H groups in total. The van der Waals surface area contributed by atoms with E-state index in [1.807, 2.05) is 13.0 Å². The summed E-state index contributed by atoms with van der Waals surface area (Å²) in [6.45, 7) is 2.30. The summed E-state index contributed by atoms with van der Waals surface area (Å²) in [6.07, 6.45) is 6.02. The Morgan fingerprint density at radius 1 is 1.28 bits per heavy atom. The number of amides is 3. The highest BCUT2D eigenvalue weighted by molar-refractivity contribution is 6.19. The van der Waals surface area contributed by atoms with Gasteiger partial charge in [-0.25, -0.2) is 0 Å². The molecule has 0 aromatic carbocycles. The molecule has 1 aromatic heterocycles. The molecule has 2 aliphatic rings. The van der Waals surface area contributed by atoms with E-state index in [4.69, 9.17) is 11.5 Å². The predicted molar refractivity (Wildman–Crippen MR) is 107 cm³/mol.